The van der Waals surface area contributed by atoms with Gasteiger partial charge in [0.15, 0.2) is 0 Å². The van der Waals surface area contributed by atoms with Gasteiger partial charge in [0, 0.05) is 26.3 Å². The van der Waals surface area contributed by atoms with Gasteiger partial charge in [0.1, 0.15) is 5.82 Å². The Morgan fingerprint density at radius 2 is 1.88 bits per heavy atom. The highest BCUT2D eigenvalue weighted by atomic mass is 19.1. The average molecular weight is 239 g/mol. The third-order valence-electron chi connectivity index (χ3n) is 2.91. The molecule has 17 heavy (non-hydrogen) atoms. The summed E-state index contributed by atoms with van der Waals surface area (Å²) in [6, 6.07) is 4.21. The number of nitrogens with one attached hydrogen (secondary N) is 1. The zero-order valence-corrected chi connectivity index (χ0v) is 11.1. The lowest BCUT2D eigenvalue weighted by molar-refractivity contribution is 0.184. The van der Waals surface area contributed by atoms with Gasteiger partial charge in [0.2, 0.25) is 0 Å². The van der Waals surface area contributed by atoms with E-state index in [0.29, 0.717) is 17.2 Å². The molecule has 1 aromatic carbocycles. The molecule has 0 heterocycles. The van der Waals surface area contributed by atoms with E-state index in [1.807, 2.05) is 12.1 Å². The number of ether oxygens (including phenoxy) is 1. The summed E-state index contributed by atoms with van der Waals surface area (Å²) in [5, 5.41) is 3.41. The Hall–Kier alpha value is -0.930. The summed E-state index contributed by atoms with van der Waals surface area (Å²) >= 11 is 0. The van der Waals surface area contributed by atoms with Crippen molar-refractivity contribution in [3.63, 3.8) is 0 Å². The first-order chi connectivity index (χ1) is 8.04. The van der Waals surface area contributed by atoms with Gasteiger partial charge in [-0.05, 0) is 43.9 Å². The Balaban J connectivity index is 2.52. The molecule has 0 bridgehead atoms. The van der Waals surface area contributed by atoms with Crippen LogP contribution in [0.3, 0.4) is 0 Å². The Bertz CT molecular complexity index is 342. The lowest BCUT2D eigenvalue weighted by atomic mass is 10.1. The molecule has 1 aromatic rings. The van der Waals surface area contributed by atoms with Crippen molar-refractivity contribution in [1.29, 1.82) is 0 Å². The summed E-state index contributed by atoms with van der Waals surface area (Å²) in [6.45, 7) is 7.27. The molecule has 0 aliphatic rings. The Kier molecular flexibility index (Phi) is 5.59. The molecule has 0 aromatic heterocycles. The monoisotopic (exact) mass is 239 g/mol. The molecule has 0 aliphatic carbocycles. The smallest absolute Gasteiger partial charge is 0.129 e. The van der Waals surface area contributed by atoms with Crippen LogP contribution in [-0.4, -0.2) is 19.8 Å². The first kappa shape index (κ1) is 14.1. The topological polar surface area (TPSA) is 21.3 Å². The van der Waals surface area contributed by atoms with Gasteiger partial charge in [-0.15, -0.1) is 0 Å². The SMILES string of the molecule is COCCC(C)NCc1cc(C)c(F)c(C)c1. The number of aryl methyl sites for hydroxylation is 2. The summed E-state index contributed by atoms with van der Waals surface area (Å²) in [5.41, 5.74) is 2.56. The Labute approximate surface area is 103 Å². The van der Waals surface area contributed by atoms with E-state index in [1.165, 1.54) is 0 Å². The maximum atomic E-state index is 13.4. The van der Waals surface area contributed by atoms with Gasteiger partial charge < -0.3 is 10.1 Å². The zero-order chi connectivity index (χ0) is 12.8. The predicted octanol–water partition coefficient (Wildman–Crippen LogP) is 2.96. The second-order valence-electron chi connectivity index (χ2n) is 4.61. The molecule has 0 radical (unpaired) electrons. The van der Waals surface area contributed by atoms with Gasteiger partial charge in [0.25, 0.3) is 0 Å². The van der Waals surface area contributed by atoms with Crippen molar-refractivity contribution in [2.75, 3.05) is 13.7 Å². The third-order valence-corrected chi connectivity index (χ3v) is 2.91. The van der Waals surface area contributed by atoms with Crippen LogP contribution in [0.15, 0.2) is 12.1 Å². The summed E-state index contributed by atoms with van der Waals surface area (Å²) in [5.74, 6) is -0.0961. The maximum absolute atomic E-state index is 13.4. The fraction of sp³-hybridized carbons (Fsp3) is 0.571. The molecule has 0 aliphatic heterocycles. The number of halogens is 1. The van der Waals surface area contributed by atoms with Crippen molar-refractivity contribution >= 4 is 0 Å². The number of rotatable bonds is 6. The molecule has 0 spiro atoms. The van der Waals surface area contributed by atoms with E-state index >= 15 is 0 Å². The molecule has 0 amide bonds. The standard InChI is InChI=1S/C14H22FNO/c1-10-7-13(8-11(2)14(10)15)9-16-12(3)5-6-17-4/h7-8,12,16H,5-6,9H2,1-4H3. The summed E-state index contributed by atoms with van der Waals surface area (Å²) in [6.07, 6.45) is 0.982. The molecular formula is C14H22FNO. The molecule has 96 valence electrons. The quantitative estimate of drug-likeness (QED) is 0.824. The summed E-state index contributed by atoms with van der Waals surface area (Å²) in [4.78, 5) is 0. The van der Waals surface area contributed by atoms with Crippen molar-refractivity contribution in [1.82, 2.24) is 5.32 Å². The van der Waals surface area contributed by atoms with E-state index in [4.69, 9.17) is 4.74 Å². The van der Waals surface area contributed by atoms with Gasteiger partial charge in [-0.1, -0.05) is 12.1 Å². The Morgan fingerprint density at radius 3 is 2.41 bits per heavy atom. The largest absolute Gasteiger partial charge is 0.385 e. The lowest BCUT2D eigenvalue weighted by Crippen LogP contribution is -2.26. The van der Waals surface area contributed by atoms with Crippen molar-refractivity contribution in [2.24, 2.45) is 0 Å². The van der Waals surface area contributed by atoms with Gasteiger partial charge in [-0.25, -0.2) is 4.39 Å². The number of methoxy groups -OCH3 is 1. The highest BCUT2D eigenvalue weighted by Gasteiger charge is 2.05. The van der Waals surface area contributed by atoms with Crippen LogP contribution in [0.25, 0.3) is 0 Å². The van der Waals surface area contributed by atoms with Crippen LogP contribution in [0.1, 0.15) is 30.0 Å². The molecule has 0 saturated heterocycles. The fourth-order valence-corrected chi connectivity index (χ4v) is 1.83. The predicted molar refractivity (Wildman–Crippen MR) is 68.7 cm³/mol. The minimum atomic E-state index is -0.0961. The summed E-state index contributed by atoms with van der Waals surface area (Å²) in [7, 11) is 1.71. The normalized spacial score (nSPS) is 12.8. The molecular weight excluding hydrogens is 217 g/mol. The third kappa shape index (κ3) is 4.44. The first-order valence-electron chi connectivity index (χ1n) is 6.02. The molecule has 1 atom stereocenters. The van der Waals surface area contributed by atoms with Crippen molar-refractivity contribution in [3.05, 3.63) is 34.6 Å². The van der Waals surface area contributed by atoms with Crippen LogP contribution in [0.4, 0.5) is 4.39 Å². The van der Waals surface area contributed by atoms with Gasteiger partial charge in [-0.2, -0.15) is 0 Å². The highest BCUT2D eigenvalue weighted by molar-refractivity contribution is 5.30. The average Bonchev–Trinajstić information content (AvgIpc) is 2.30. The molecule has 1 unspecified atom stereocenters. The number of benzene rings is 1. The van der Waals surface area contributed by atoms with Crippen LogP contribution < -0.4 is 5.32 Å². The van der Waals surface area contributed by atoms with Crippen LogP contribution in [0.2, 0.25) is 0 Å². The van der Waals surface area contributed by atoms with Crippen LogP contribution >= 0.6 is 0 Å². The van der Waals surface area contributed by atoms with Crippen molar-refractivity contribution in [2.45, 2.75) is 39.8 Å². The number of hydrogen-bond acceptors (Lipinski definition) is 2. The minimum absolute atomic E-state index is 0.0961. The second-order valence-corrected chi connectivity index (χ2v) is 4.61. The van der Waals surface area contributed by atoms with Gasteiger partial charge in [0.05, 0.1) is 0 Å². The maximum Gasteiger partial charge on any atom is 0.129 e. The lowest BCUT2D eigenvalue weighted by Gasteiger charge is -2.14. The summed E-state index contributed by atoms with van der Waals surface area (Å²) < 4.78 is 18.5. The molecule has 1 rings (SSSR count). The minimum Gasteiger partial charge on any atom is -0.385 e. The van der Waals surface area contributed by atoms with E-state index in [0.717, 1.165) is 25.1 Å². The van der Waals surface area contributed by atoms with Crippen LogP contribution in [0.5, 0.6) is 0 Å². The zero-order valence-electron chi connectivity index (χ0n) is 11.1. The van der Waals surface area contributed by atoms with Crippen molar-refractivity contribution in [3.8, 4) is 0 Å². The van der Waals surface area contributed by atoms with E-state index in [9.17, 15) is 4.39 Å². The Morgan fingerprint density at radius 1 is 1.29 bits per heavy atom. The second kappa shape index (κ2) is 6.72. The van der Waals surface area contributed by atoms with E-state index in [1.54, 1.807) is 21.0 Å². The van der Waals surface area contributed by atoms with Crippen LogP contribution in [0, 0.1) is 19.7 Å². The molecule has 0 fully saturated rings. The van der Waals surface area contributed by atoms with Crippen LogP contribution in [-0.2, 0) is 11.3 Å². The fourth-order valence-electron chi connectivity index (χ4n) is 1.83. The van der Waals surface area contributed by atoms with Crippen molar-refractivity contribution < 1.29 is 9.13 Å². The van der Waals surface area contributed by atoms with E-state index in [2.05, 4.69) is 12.2 Å². The number of hydrogen-bond donors (Lipinski definition) is 1. The molecule has 2 nitrogen and oxygen atoms in total. The first-order valence-corrected chi connectivity index (χ1v) is 6.02. The molecule has 0 saturated carbocycles. The molecule has 3 heteroatoms. The van der Waals surface area contributed by atoms with Gasteiger partial charge >= 0.3 is 0 Å². The molecule has 1 N–H and O–H groups in total. The van der Waals surface area contributed by atoms with Gasteiger partial charge in [-0.3, -0.25) is 0 Å². The van der Waals surface area contributed by atoms with E-state index < -0.39 is 0 Å². The van der Waals surface area contributed by atoms with E-state index in [-0.39, 0.29) is 5.82 Å². The highest BCUT2D eigenvalue weighted by Crippen LogP contribution is 2.14.